The molecule has 0 spiro atoms. The number of guanidine groups is 1. The number of hydrogen-bond acceptors (Lipinski definition) is 4. The van der Waals surface area contributed by atoms with Crippen molar-refractivity contribution in [2.75, 3.05) is 20.8 Å². The number of nitrogens with zero attached hydrogens (tertiary/aromatic N) is 3. The lowest BCUT2D eigenvalue weighted by Crippen LogP contribution is -2.34. The van der Waals surface area contributed by atoms with Gasteiger partial charge in [-0.2, -0.15) is 0 Å². The van der Waals surface area contributed by atoms with E-state index in [0.29, 0.717) is 30.5 Å². The van der Waals surface area contributed by atoms with Crippen molar-refractivity contribution in [2.45, 2.75) is 13.1 Å². The Labute approximate surface area is 129 Å². The van der Waals surface area contributed by atoms with Crippen LogP contribution in [0.4, 0.5) is 0 Å². The van der Waals surface area contributed by atoms with Crippen LogP contribution in [0.1, 0.15) is 5.56 Å². The predicted molar refractivity (Wildman–Crippen MR) is 85.1 cm³/mol. The van der Waals surface area contributed by atoms with E-state index in [0.717, 1.165) is 12.1 Å². The summed E-state index contributed by atoms with van der Waals surface area (Å²) in [7, 11) is 3.22. The van der Waals surface area contributed by atoms with Gasteiger partial charge >= 0.3 is 0 Å². The lowest BCUT2D eigenvalue weighted by atomic mass is 10.2. The van der Waals surface area contributed by atoms with E-state index in [1.807, 2.05) is 29.0 Å². The summed E-state index contributed by atoms with van der Waals surface area (Å²) in [4.78, 5) is 8.28. The summed E-state index contributed by atoms with van der Waals surface area (Å²) in [6.07, 6.45) is 5.41. The maximum Gasteiger partial charge on any atom is 0.188 e. The maximum atomic E-state index is 5.85. The third kappa shape index (κ3) is 4.41. The second-order valence-corrected chi connectivity index (χ2v) is 4.62. The van der Waals surface area contributed by atoms with Crippen LogP contribution in [0.3, 0.4) is 0 Å². The number of imidazole rings is 1. The van der Waals surface area contributed by atoms with E-state index < -0.39 is 0 Å². The molecule has 7 heteroatoms. The fraction of sp³-hybridized carbons (Fsp3) is 0.333. The summed E-state index contributed by atoms with van der Waals surface area (Å²) in [6.45, 7) is 1.95. The Morgan fingerprint density at radius 2 is 2.14 bits per heavy atom. The third-order valence-electron chi connectivity index (χ3n) is 3.12. The van der Waals surface area contributed by atoms with E-state index in [1.165, 1.54) is 0 Å². The van der Waals surface area contributed by atoms with Crippen molar-refractivity contribution >= 4 is 5.96 Å². The van der Waals surface area contributed by atoms with Crippen molar-refractivity contribution in [3.05, 3.63) is 42.5 Å². The van der Waals surface area contributed by atoms with Crippen molar-refractivity contribution < 1.29 is 9.47 Å². The third-order valence-corrected chi connectivity index (χ3v) is 3.12. The van der Waals surface area contributed by atoms with Crippen LogP contribution in [-0.2, 0) is 13.1 Å². The Morgan fingerprint density at radius 1 is 1.32 bits per heavy atom. The van der Waals surface area contributed by atoms with Gasteiger partial charge in [-0.05, 0) is 17.7 Å². The van der Waals surface area contributed by atoms with E-state index in [1.54, 1.807) is 26.7 Å². The number of nitrogens with two attached hydrogens (primary N) is 1. The van der Waals surface area contributed by atoms with Crippen LogP contribution in [-0.4, -0.2) is 36.3 Å². The molecule has 1 aromatic heterocycles. The molecule has 0 aliphatic carbocycles. The van der Waals surface area contributed by atoms with Gasteiger partial charge in [0.2, 0.25) is 0 Å². The van der Waals surface area contributed by atoms with Gasteiger partial charge in [-0.1, -0.05) is 6.07 Å². The van der Waals surface area contributed by atoms with Gasteiger partial charge in [-0.15, -0.1) is 0 Å². The van der Waals surface area contributed by atoms with Gasteiger partial charge in [0.25, 0.3) is 0 Å². The van der Waals surface area contributed by atoms with Gasteiger partial charge in [0.15, 0.2) is 17.5 Å². The van der Waals surface area contributed by atoms with E-state index in [9.17, 15) is 0 Å². The molecule has 0 radical (unpaired) electrons. The van der Waals surface area contributed by atoms with Crippen molar-refractivity contribution in [3.8, 4) is 11.5 Å². The number of ether oxygens (including phenoxy) is 2. The zero-order valence-corrected chi connectivity index (χ0v) is 12.8. The summed E-state index contributed by atoms with van der Waals surface area (Å²) < 4.78 is 12.4. The lowest BCUT2D eigenvalue weighted by Gasteiger charge is -2.09. The maximum absolute atomic E-state index is 5.85. The SMILES string of the molecule is COc1ccc(CN=C(N)NCCn2ccnc2)cc1OC. The molecule has 0 bridgehead atoms. The van der Waals surface area contributed by atoms with Crippen LogP contribution >= 0.6 is 0 Å². The summed E-state index contributed by atoms with van der Waals surface area (Å²) in [5, 5.41) is 3.07. The average molecular weight is 303 g/mol. The Balaban J connectivity index is 1.84. The molecule has 0 atom stereocenters. The zero-order chi connectivity index (χ0) is 15.8. The molecule has 7 nitrogen and oxygen atoms in total. The van der Waals surface area contributed by atoms with E-state index in [-0.39, 0.29) is 0 Å². The lowest BCUT2D eigenvalue weighted by molar-refractivity contribution is 0.354. The first-order valence-corrected chi connectivity index (χ1v) is 6.93. The highest BCUT2D eigenvalue weighted by molar-refractivity contribution is 5.77. The molecule has 22 heavy (non-hydrogen) atoms. The molecule has 0 amide bonds. The molecule has 0 aliphatic heterocycles. The summed E-state index contributed by atoms with van der Waals surface area (Å²) in [5.74, 6) is 1.79. The molecule has 2 rings (SSSR count). The molecule has 0 unspecified atom stereocenters. The fourth-order valence-corrected chi connectivity index (χ4v) is 1.94. The molecule has 2 aromatic rings. The molecule has 0 saturated carbocycles. The first kappa shape index (κ1) is 15.7. The van der Waals surface area contributed by atoms with Gasteiger partial charge in [0.05, 0.1) is 27.1 Å². The quantitative estimate of drug-likeness (QED) is 0.589. The van der Waals surface area contributed by atoms with Gasteiger partial charge in [0.1, 0.15) is 0 Å². The largest absolute Gasteiger partial charge is 0.493 e. The monoisotopic (exact) mass is 303 g/mol. The highest BCUT2D eigenvalue weighted by atomic mass is 16.5. The van der Waals surface area contributed by atoms with Crippen molar-refractivity contribution in [3.63, 3.8) is 0 Å². The van der Waals surface area contributed by atoms with E-state index in [2.05, 4.69) is 15.3 Å². The first-order valence-electron chi connectivity index (χ1n) is 6.93. The predicted octanol–water partition coefficient (Wildman–Crippen LogP) is 1.00. The van der Waals surface area contributed by atoms with Gasteiger partial charge in [-0.25, -0.2) is 9.98 Å². The highest BCUT2D eigenvalue weighted by Gasteiger charge is 2.04. The average Bonchev–Trinajstić information content (AvgIpc) is 3.06. The molecule has 0 fully saturated rings. The van der Waals surface area contributed by atoms with Gasteiger partial charge in [-0.3, -0.25) is 0 Å². The summed E-state index contributed by atoms with van der Waals surface area (Å²) >= 11 is 0. The molecule has 0 saturated heterocycles. The summed E-state index contributed by atoms with van der Waals surface area (Å²) in [6, 6.07) is 5.68. The van der Waals surface area contributed by atoms with Crippen LogP contribution in [0.5, 0.6) is 11.5 Å². The van der Waals surface area contributed by atoms with Crippen molar-refractivity contribution in [2.24, 2.45) is 10.7 Å². The van der Waals surface area contributed by atoms with Crippen LogP contribution < -0.4 is 20.5 Å². The number of methoxy groups -OCH3 is 2. The second-order valence-electron chi connectivity index (χ2n) is 4.62. The van der Waals surface area contributed by atoms with Crippen LogP contribution in [0.15, 0.2) is 41.9 Å². The van der Waals surface area contributed by atoms with Crippen LogP contribution in [0.25, 0.3) is 0 Å². The standard InChI is InChI=1S/C15H21N5O2/c1-21-13-4-3-12(9-14(13)22-2)10-19-15(16)18-6-8-20-7-5-17-11-20/h3-5,7,9,11H,6,8,10H2,1-2H3,(H3,16,18,19). The number of aliphatic imine (C=N–C) groups is 1. The molecular weight excluding hydrogens is 282 g/mol. The van der Waals surface area contributed by atoms with Gasteiger partial charge < -0.3 is 25.1 Å². The Hall–Kier alpha value is -2.70. The number of rotatable bonds is 7. The fourth-order valence-electron chi connectivity index (χ4n) is 1.94. The Kier molecular flexibility index (Phi) is 5.65. The normalized spacial score (nSPS) is 11.3. The number of aromatic nitrogens is 2. The molecular formula is C15H21N5O2. The number of benzene rings is 1. The Morgan fingerprint density at radius 3 is 2.82 bits per heavy atom. The van der Waals surface area contributed by atoms with E-state index in [4.69, 9.17) is 15.2 Å². The first-order chi connectivity index (χ1) is 10.7. The van der Waals surface area contributed by atoms with Crippen LogP contribution in [0.2, 0.25) is 0 Å². The molecule has 1 aromatic carbocycles. The Bertz CT molecular complexity index is 610. The molecule has 1 heterocycles. The molecule has 0 aliphatic rings. The minimum absolute atomic E-state index is 0.412. The number of hydrogen-bond donors (Lipinski definition) is 2. The van der Waals surface area contributed by atoms with Gasteiger partial charge in [0, 0.05) is 25.5 Å². The summed E-state index contributed by atoms with van der Waals surface area (Å²) in [5.41, 5.74) is 6.84. The molecule has 118 valence electrons. The topological polar surface area (TPSA) is 86.7 Å². The van der Waals surface area contributed by atoms with E-state index >= 15 is 0 Å². The minimum atomic E-state index is 0.412. The zero-order valence-electron chi connectivity index (χ0n) is 12.8. The minimum Gasteiger partial charge on any atom is -0.493 e. The second kappa shape index (κ2) is 7.92. The number of nitrogens with one attached hydrogen (secondary N) is 1. The van der Waals surface area contributed by atoms with Crippen LogP contribution in [0, 0.1) is 0 Å². The highest BCUT2D eigenvalue weighted by Crippen LogP contribution is 2.27. The molecule has 3 N–H and O–H groups in total. The van der Waals surface area contributed by atoms with Crippen molar-refractivity contribution in [1.82, 2.24) is 14.9 Å². The smallest absolute Gasteiger partial charge is 0.188 e. The van der Waals surface area contributed by atoms with Crippen molar-refractivity contribution in [1.29, 1.82) is 0 Å².